The number of benzene rings is 2. The first-order valence-corrected chi connectivity index (χ1v) is 10.3. The Morgan fingerprint density at radius 3 is 2.41 bits per heavy atom. The van der Waals surface area contributed by atoms with Crippen LogP contribution in [-0.2, 0) is 4.79 Å². The first kappa shape index (κ1) is 22.1. The molecule has 1 aliphatic rings. The Labute approximate surface area is 177 Å². The molecule has 1 amide bonds. The van der Waals surface area contributed by atoms with Crippen LogP contribution in [0.15, 0.2) is 54.6 Å². The average Bonchev–Trinajstić information content (AvgIpc) is 3.07. The van der Waals surface area contributed by atoms with Crippen LogP contribution in [-0.4, -0.2) is 36.2 Å². The number of carbonyl (C=O) groups excluding carboxylic acids is 1. The molecule has 0 radical (unpaired) electrons. The molecule has 0 aliphatic carbocycles. The molecule has 0 saturated carbocycles. The van der Waals surface area contributed by atoms with Crippen molar-refractivity contribution in [2.45, 2.75) is 18.6 Å². The lowest BCUT2D eigenvalue weighted by atomic mass is 9.90. The van der Waals surface area contributed by atoms with E-state index in [4.69, 9.17) is 17.3 Å². The number of hydrogen-bond donors (Lipinski definition) is 1. The van der Waals surface area contributed by atoms with Crippen molar-refractivity contribution in [2.24, 2.45) is 11.1 Å². The van der Waals surface area contributed by atoms with Crippen LogP contribution in [0.25, 0.3) is 0 Å². The maximum Gasteiger partial charge on any atom is 0.232 e. The zero-order valence-electron chi connectivity index (χ0n) is 15.4. The summed E-state index contributed by atoms with van der Waals surface area (Å²) >= 11 is 7.71. The number of amides is 1. The summed E-state index contributed by atoms with van der Waals surface area (Å²) in [4.78, 5) is 14.7. The summed E-state index contributed by atoms with van der Waals surface area (Å²) in [6.07, 6.45) is 0.985. The van der Waals surface area contributed by atoms with E-state index < -0.39 is 0 Å². The van der Waals surface area contributed by atoms with Crippen molar-refractivity contribution in [3.63, 3.8) is 0 Å². The van der Waals surface area contributed by atoms with Gasteiger partial charge >= 0.3 is 0 Å². The van der Waals surface area contributed by atoms with E-state index in [-0.39, 0.29) is 29.0 Å². The summed E-state index contributed by atoms with van der Waals surface area (Å²) in [5.74, 6) is 0.658. The fourth-order valence-corrected chi connectivity index (χ4v) is 4.62. The van der Waals surface area contributed by atoms with Crippen LogP contribution in [0, 0.1) is 5.41 Å². The molecule has 1 heterocycles. The molecule has 6 heteroatoms. The van der Waals surface area contributed by atoms with Crippen molar-refractivity contribution in [3.8, 4) is 0 Å². The zero-order chi connectivity index (χ0) is 18.6. The van der Waals surface area contributed by atoms with E-state index in [1.807, 2.05) is 47.4 Å². The van der Waals surface area contributed by atoms with Crippen molar-refractivity contribution in [1.29, 1.82) is 0 Å². The molecule has 27 heavy (non-hydrogen) atoms. The van der Waals surface area contributed by atoms with E-state index in [0.717, 1.165) is 30.1 Å². The van der Waals surface area contributed by atoms with E-state index >= 15 is 0 Å². The van der Waals surface area contributed by atoms with Gasteiger partial charge in [0.15, 0.2) is 0 Å². The molecule has 1 saturated heterocycles. The quantitative estimate of drug-likeness (QED) is 0.725. The molecular formula is C21H26Cl2N2OS. The molecule has 2 unspecified atom stereocenters. The van der Waals surface area contributed by atoms with Gasteiger partial charge in [-0.25, -0.2) is 0 Å². The highest BCUT2D eigenvalue weighted by Crippen LogP contribution is 2.37. The molecular weight excluding hydrogens is 399 g/mol. The highest BCUT2D eigenvalue weighted by atomic mass is 35.5. The second kappa shape index (κ2) is 9.83. The van der Waals surface area contributed by atoms with Gasteiger partial charge in [-0.05, 0) is 41.6 Å². The number of likely N-dealkylation sites (tertiary alicyclic amines) is 1. The van der Waals surface area contributed by atoms with E-state index in [9.17, 15) is 4.79 Å². The van der Waals surface area contributed by atoms with Crippen molar-refractivity contribution in [1.82, 2.24) is 4.90 Å². The molecule has 0 bridgehead atoms. The third-order valence-corrected chi connectivity index (χ3v) is 6.60. The molecule has 3 rings (SSSR count). The SMILES string of the molecule is CC1(CN)CCN(C(=O)CSC(c2ccccc2)c2ccc(Cl)cc2)C1.Cl. The molecule has 2 N–H and O–H groups in total. The van der Waals surface area contributed by atoms with Crippen LogP contribution in [0.4, 0.5) is 0 Å². The van der Waals surface area contributed by atoms with Crippen LogP contribution in [0.1, 0.15) is 29.7 Å². The van der Waals surface area contributed by atoms with Gasteiger partial charge in [0.05, 0.1) is 11.0 Å². The minimum absolute atomic E-state index is 0. The Balaban J connectivity index is 0.00000261. The Morgan fingerprint density at radius 1 is 1.19 bits per heavy atom. The van der Waals surface area contributed by atoms with Crippen molar-refractivity contribution < 1.29 is 4.79 Å². The van der Waals surface area contributed by atoms with Crippen LogP contribution in [0.3, 0.4) is 0 Å². The number of carbonyl (C=O) groups is 1. The number of thioether (sulfide) groups is 1. The maximum absolute atomic E-state index is 12.7. The molecule has 2 aromatic rings. The first-order chi connectivity index (χ1) is 12.5. The van der Waals surface area contributed by atoms with Crippen LogP contribution in [0.5, 0.6) is 0 Å². The summed E-state index contributed by atoms with van der Waals surface area (Å²) < 4.78 is 0. The number of hydrogen-bond acceptors (Lipinski definition) is 3. The standard InChI is InChI=1S/C21H25ClN2OS.ClH/c1-21(14-23)11-12-24(15-21)19(25)13-26-20(16-5-3-2-4-6-16)17-7-9-18(22)10-8-17;/h2-10,20H,11-15,23H2,1H3;1H. The highest BCUT2D eigenvalue weighted by molar-refractivity contribution is 8.00. The zero-order valence-corrected chi connectivity index (χ0v) is 17.8. The Bertz CT molecular complexity index is 742. The summed E-state index contributed by atoms with van der Waals surface area (Å²) in [6.45, 7) is 4.36. The summed E-state index contributed by atoms with van der Waals surface area (Å²) in [7, 11) is 0. The Kier molecular flexibility index (Phi) is 8.04. The van der Waals surface area contributed by atoms with Gasteiger partial charge in [0.25, 0.3) is 0 Å². The third-order valence-electron chi connectivity index (χ3n) is 5.05. The van der Waals surface area contributed by atoms with Crippen molar-refractivity contribution in [2.75, 3.05) is 25.4 Å². The Morgan fingerprint density at radius 2 is 1.81 bits per heavy atom. The van der Waals surface area contributed by atoms with E-state index in [2.05, 4.69) is 19.1 Å². The average molecular weight is 425 g/mol. The molecule has 2 aromatic carbocycles. The fraction of sp³-hybridized carbons (Fsp3) is 0.381. The molecule has 1 aliphatic heterocycles. The number of nitrogens with two attached hydrogens (primary N) is 1. The number of halogens is 2. The van der Waals surface area contributed by atoms with Gasteiger partial charge in [0.2, 0.25) is 5.91 Å². The van der Waals surface area contributed by atoms with Gasteiger partial charge in [-0.15, -0.1) is 24.2 Å². The predicted octanol–water partition coefficient (Wildman–Crippen LogP) is 4.78. The molecule has 0 aromatic heterocycles. The second-order valence-electron chi connectivity index (χ2n) is 7.23. The smallest absolute Gasteiger partial charge is 0.232 e. The molecule has 2 atom stereocenters. The lowest BCUT2D eigenvalue weighted by Gasteiger charge is -2.23. The minimum atomic E-state index is 0. The van der Waals surface area contributed by atoms with Gasteiger partial charge in [0.1, 0.15) is 0 Å². The fourth-order valence-electron chi connectivity index (χ4n) is 3.30. The minimum Gasteiger partial charge on any atom is -0.341 e. The van der Waals surface area contributed by atoms with Gasteiger partial charge < -0.3 is 10.6 Å². The lowest BCUT2D eigenvalue weighted by molar-refractivity contribution is -0.127. The summed E-state index contributed by atoms with van der Waals surface area (Å²) in [6, 6.07) is 18.2. The van der Waals surface area contributed by atoms with Crippen LogP contribution < -0.4 is 5.73 Å². The van der Waals surface area contributed by atoms with Gasteiger partial charge in [-0.1, -0.05) is 61.0 Å². The summed E-state index contributed by atoms with van der Waals surface area (Å²) in [5, 5.41) is 0.834. The molecule has 1 fully saturated rings. The van der Waals surface area contributed by atoms with Crippen molar-refractivity contribution in [3.05, 3.63) is 70.7 Å². The normalized spacial score (nSPS) is 20.2. The number of rotatable bonds is 6. The van der Waals surface area contributed by atoms with Gasteiger partial charge in [0, 0.05) is 18.1 Å². The largest absolute Gasteiger partial charge is 0.341 e. The van der Waals surface area contributed by atoms with Gasteiger partial charge in [-0.2, -0.15) is 0 Å². The van der Waals surface area contributed by atoms with E-state index in [1.165, 1.54) is 5.56 Å². The lowest BCUT2D eigenvalue weighted by Crippen LogP contribution is -2.35. The monoisotopic (exact) mass is 424 g/mol. The maximum atomic E-state index is 12.7. The Hall–Kier alpha value is -1.20. The van der Waals surface area contributed by atoms with Crippen LogP contribution >= 0.6 is 35.8 Å². The van der Waals surface area contributed by atoms with E-state index in [0.29, 0.717) is 12.3 Å². The topological polar surface area (TPSA) is 46.3 Å². The highest BCUT2D eigenvalue weighted by Gasteiger charge is 2.34. The summed E-state index contributed by atoms with van der Waals surface area (Å²) in [5.41, 5.74) is 8.28. The third kappa shape index (κ3) is 5.64. The molecule has 3 nitrogen and oxygen atoms in total. The van der Waals surface area contributed by atoms with E-state index in [1.54, 1.807) is 11.8 Å². The second-order valence-corrected chi connectivity index (χ2v) is 8.76. The molecule has 146 valence electrons. The van der Waals surface area contributed by atoms with Gasteiger partial charge in [-0.3, -0.25) is 4.79 Å². The predicted molar refractivity (Wildman–Crippen MR) is 118 cm³/mol. The first-order valence-electron chi connectivity index (χ1n) is 8.91. The molecule has 0 spiro atoms. The van der Waals surface area contributed by atoms with Crippen LogP contribution in [0.2, 0.25) is 5.02 Å². The number of nitrogens with zero attached hydrogens (tertiary/aromatic N) is 1. The van der Waals surface area contributed by atoms with Crippen molar-refractivity contribution >= 4 is 41.7 Å².